The van der Waals surface area contributed by atoms with Crippen LogP contribution >= 0.6 is 0 Å². The third kappa shape index (κ3) is 3.75. The van der Waals surface area contributed by atoms with Crippen molar-refractivity contribution in [3.63, 3.8) is 0 Å². The van der Waals surface area contributed by atoms with Gasteiger partial charge in [0.05, 0.1) is 0 Å². The average molecular weight is 408 g/mol. The van der Waals surface area contributed by atoms with Crippen molar-refractivity contribution in [2.45, 2.75) is 45.4 Å². The van der Waals surface area contributed by atoms with Crippen LogP contribution in [-0.4, -0.2) is 30.0 Å². The van der Waals surface area contributed by atoms with Crippen molar-refractivity contribution in [2.24, 2.45) is 23.2 Å². The average Bonchev–Trinajstić information content (AvgIpc) is 3.12. The molecule has 158 valence electrons. The Labute approximate surface area is 176 Å². The Morgan fingerprint density at radius 1 is 1.10 bits per heavy atom. The number of carbonyl (C=O) groups excluding carboxylic acids is 2. The van der Waals surface area contributed by atoms with Crippen molar-refractivity contribution >= 4 is 11.9 Å². The summed E-state index contributed by atoms with van der Waals surface area (Å²) in [5.41, 5.74) is 1.16. The molecule has 0 saturated heterocycles. The largest absolute Gasteiger partial charge is 0.451 e. The molecule has 4 saturated carbocycles. The van der Waals surface area contributed by atoms with Gasteiger partial charge in [-0.3, -0.25) is 4.79 Å². The highest BCUT2D eigenvalue weighted by molar-refractivity contribution is 5.90. The number of oxazole rings is 1. The summed E-state index contributed by atoms with van der Waals surface area (Å²) in [6.45, 7) is 2.08. The highest BCUT2D eigenvalue weighted by Gasteiger charge is 2.50. The lowest BCUT2D eigenvalue weighted by atomic mass is 9.49. The molecule has 2 aromatic rings. The smallest absolute Gasteiger partial charge is 0.361 e. The minimum absolute atomic E-state index is 0.114. The molecule has 0 radical (unpaired) electrons. The zero-order valence-electron chi connectivity index (χ0n) is 17.4. The normalized spacial score (nSPS) is 29.0. The molecule has 4 aliphatic carbocycles. The van der Waals surface area contributed by atoms with Gasteiger partial charge in [0.15, 0.2) is 12.3 Å². The van der Waals surface area contributed by atoms with Gasteiger partial charge in [0.2, 0.25) is 5.89 Å². The number of ether oxygens (including phenoxy) is 1. The summed E-state index contributed by atoms with van der Waals surface area (Å²) in [6, 6.07) is 9.37. The van der Waals surface area contributed by atoms with E-state index >= 15 is 0 Å². The number of nitrogens with one attached hydrogen (secondary N) is 1. The summed E-state index contributed by atoms with van der Waals surface area (Å²) < 4.78 is 10.8. The number of esters is 1. The molecule has 1 aromatic heterocycles. The van der Waals surface area contributed by atoms with Crippen LogP contribution < -0.4 is 5.32 Å². The van der Waals surface area contributed by atoms with E-state index in [1.54, 1.807) is 6.92 Å². The van der Waals surface area contributed by atoms with Crippen molar-refractivity contribution < 1.29 is 18.7 Å². The van der Waals surface area contributed by atoms with Gasteiger partial charge in [-0.2, -0.15) is 0 Å². The van der Waals surface area contributed by atoms with Crippen LogP contribution in [0.5, 0.6) is 0 Å². The standard InChI is InChI=1S/C24H28N2O4/c1-15-21(26-22(30-15)19-5-3-2-4-6-19)23(28)29-13-20(27)25-14-24-10-16-7-17(11-24)9-18(8-16)12-24/h2-6,16-18H,7-14H2,1H3,(H,25,27). The number of hydrogen-bond donors (Lipinski definition) is 1. The summed E-state index contributed by atoms with van der Waals surface area (Å²) >= 11 is 0. The van der Waals surface area contributed by atoms with Crippen molar-refractivity contribution in [1.29, 1.82) is 0 Å². The zero-order valence-corrected chi connectivity index (χ0v) is 17.4. The molecule has 0 atom stereocenters. The topological polar surface area (TPSA) is 81.4 Å². The van der Waals surface area contributed by atoms with Gasteiger partial charge < -0.3 is 14.5 Å². The van der Waals surface area contributed by atoms with E-state index in [4.69, 9.17) is 9.15 Å². The molecule has 1 heterocycles. The molecule has 1 N–H and O–H groups in total. The molecule has 0 unspecified atom stereocenters. The van der Waals surface area contributed by atoms with Gasteiger partial charge in [0, 0.05) is 12.1 Å². The lowest BCUT2D eigenvalue weighted by molar-refractivity contribution is -0.126. The summed E-state index contributed by atoms with van der Waals surface area (Å²) in [6.07, 6.45) is 7.85. The van der Waals surface area contributed by atoms with Gasteiger partial charge in [-0.15, -0.1) is 0 Å². The van der Waals surface area contributed by atoms with Crippen LogP contribution in [0.15, 0.2) is 34.7 Å². The molecule has 4 bridgehead atoms. The number of rotatable bonds is 6. The number of amides is 1. The van der Waals surface area contributed by atoms with E-state index in [0.717, 1.165) is 23.3 Å². The minimum Gasteiger partial charge on any atom is -0.451 e. The second-order valence-corrected chi connectivity index (χ2v) is 9.56. The molecule has 6 rings (SSSR count). The van der Waals surface area contributed by atoms with Crippen LogP contribution in [0.25, 0.3) is 11.5 Å². The fourth-order valence-corrected chi connectivity index (χ4v) is 6.33. The Kier molecular flexibility index (Phi) is 4.88. The Morgan fingerprint density at radius 3 is 2.37 bits per heavy atom. The van der Waals surface area contributed by atoms with E-state index in [1.807, 2.05) is 30.3 Å². The number of benzene rings is 1. The van der Waals surface area contributed by atoms with Gasteiger partial charge in [0.1, 0.15) is 5.76 Å². The predicted molar refractivity (Wildman–Crippen MR) is 111 cm³/mol. The Morgan fingerprint density at radius 2 is 1.73 bits per heavy atom. The van der Waals surface area contributed by atoms with E-state index in [0.29, 0.717) is 18.2 Å². The van der Waals surface area contributed by atoms with Crippen LogP contribution in [0.2, 0.25) is 0 Å². The van der Waals surface area contributed by atoms with Gasteiger partial charge in [0.25, 0.3) is 5.91 Å². The summed E-state index contributed by atoms with van der Waals surface area (Å²) in [5, 5.41) is 3.03. The molecule has 1 amide bonds. The van der Waals surface area contributed by atoms with Crippen LogP contribution in [0, 0.1) is 30.1 Å². The van der Waals surface area contributed by atoms with Gasteiger partial charge >= 0.3 is 5.97 Å². The maximum atomic E-state index is 12.4. The summed E-state index contributed by atoms with van der Waals surface area (Å²) in [4.78, 5) is 29.0. The first-order valence-corrected chi connectivity index (χ1v) is 11.0. The Balaban J connectivity index is 1.15. The minimum atomic E-state index is -0.636. The highest BCUT2D eigenvalue weighted by atomic mass is 16.5. The van der Waals surface area contributed by atoms with E-state index in [1.165, 1.54) is 38.5 Å². The molecule has 4 aliphatic rings. The van der Waals surface area contributed by atoms with Gasteiger partial charge in [-0.05, 0) is 80.8 Å². The number of hydrogen-bond acceptors (Lipinski definition) is 5. The van der Waals surface area contributed by atoms with Gasteiger partial charge in [-0.1, -0.05) is 18.2 Å². The lowest BCUT2D eigenvalue weighted by Crippen LogP contribution is -2.51. The maximum Gasteiger partial charge on any atom is 0.361 e. The number of carbonyl (C=O) groups is 2. The van der Waals surface area contributed by atoms with Gasteiger partial charge in [-0.25, -0.2) is 9.78 Å². The van der Waals surface area contributed by atoms with E-state index in [9.17, 15) is 9.59 Å². The van der Waals surface area contributed by atoms with Crippen LogP contribution in [-0.2, 0) is 9.53 Å². The van der Waals surface area contributed by atoms with Crippen molar-refractivity contribution in [2.75, 3.05) is 13.2 Å². The second-order valence-electron chi connectivity index (χ2n) is 9.56. The first kappa shape index (κ1) is 19.3. The SMILES string of the molecule is Cc1oc(-c2ccccc2)nc1C(=O)OCC(=O)NCC12CC3CC(CC(C3)C1)C2. The fourth-order valence-electron chi connectivity index (χ4n) is 6.33. The van der Waals surface area contributed by atoms with E-state index < -0.39 is 5.97 Å². The molecule has 0 spiro atoms. The lowest BCUT2D eigenvalue weighted by Gasteiger charge is -2.56. The Bertz CT molecular complexity index is 914. The fraction of sp³-hybridized carbons (Fsp3) is 0.542. The highest BCUT2D eigenvalue weighted by Crippen LogP contribution is 2.59. The number of aryl methyl sites for hydroxylation is 1. The quantitative estimate of drug-likeness (QED) is 0.727. The molecule has 6 nitrogen and oxygen atoms in total. The van der Waals surface area contributed by atoms with Crippen molar-refractivity contribution in [1.82, 2.24) is 10.3 Å². The van der Waals surface area contributed by atoms with Crippen LogP contribution in [0.4, 0.5) is 0 Å². The third-order valence-corrected chi connectivity index (χ3v) is 7.17. The van der Waals surface area contributed by atoms with Crippen molar-refractivity contribution in [3.8, 4) is 11.5 Å². The molecule has 4 fully saturated rings. The summed E-state index contributed by atoms with van der Waals surface area (Å²) in [5.74, 6) is 2.41. The Hall–Kier alpha value is -2.63. The van der Waals surface area contributed by atoms with E-state index in [-0.39, 0.29) is 23.6 Å². The molecule has 0 aliphatic heterocycles. The molecular formula is C24H28N2O4. The zero-order chi connectivity index (χ0) is 20.7. The second kappa shape index (κ2) is 7.56. The molecular weight excluding hydrogens is 380 g/mol. The monoisotopic (exact) mass is 408 g/mol. The number of nitrogens with zero attached hydrogens (tertiary/aromatic N) is 1. The first-order valence-electron chi connectivity index (χ1n) is 11.0. The first-order chi connectivity index (χ1) is 14.5. The molecule has 1 aromatic carbocycles. The molecule has 6 heteroatoms. The van der Waals surface area contributed by atoms with Crippen molar-refractivity contribution in [3.05, 3.63) is 41.8 Å². The predicted octanol–water partition coefficient (Wildman–Crippen LogP) is 4.14. The summed E-state index contributed by atoms with van der Waals surface area (Å²) in [7, 11) is 0. The molecule has 30 heavy (non-hydrogen) atoms. The number of aromatic nitrogens is 1. The van der Waals surface area contributed by atoms with E-state index in [2.05, 4.69) is 10.3 Å². The van der Waals surface area contributed by atoms with Crippen LogP contribution in [0.1, 0.15) is 54.8 Å². The maximum absolute atomic E-state index is 12.4. The van der Waals surface area contributed by atoms with Crippen LogP contribution in [0.3, 0.4) is 0 Å². The third-order valence-electron chi connectivity index (χ3n) is 7.17.